The molecule has 0 spiro atoms. The van der Waals surface area contributed by atoms with Crippen LogP contribution < -0.4 is 11.0 Å². The number of aromatic amines is 1. The van der Waals surface area contributed by atoms with Crippen LogP contribution in [0.4, 0.5) is 0 Å². The van der Waals surface area contributed by atoms with Crippen molar-refractivity contribution in [2.75, 3.05) is 0 Å². The predicted molar refractivity (Wildman–Crippen MR) is 42.2 cm³/mol. The summed E-state index contributed by atoms with van der Waals surface area (Å²) in [6.45, 7) is 0. The first-order valence-electron chi connectivity index (χ1n) is 3.14. The highest BCUT2D eigenvalue weighted by Gasteiger charge is 2.00. The molecule has 2 radical (unpaired) electrons. The Kier molecular flexibility index (Phi) is 1.15. The Morgan fingerprint density at radius 3 is 3.09 bits per heavy atom. The maximum atomic E-state index is 10.9. The van der Waals surface area contributed by atoms with Gasteiger partial charge in [0.05, 0.1) is 5.39 Å². The van der Waals surface area contributed by atoms with E-state index in [-0.39, 0.29) is 5.56 Å². The first-order valence-corrected chi connectivity index (χ1v) is 3.14. The molecule has 0 amide bonds. The van der Waals surface area contributed by atoms with Crippen molar-refractivity contribution in [1.82, 2.24) is 5.16 Å². The second-order valence-corrected chi connectivity index (χ2v) is 2.29. The molecule has 0 fully saturated rings. The van der Waals surface area contributed by atoms with Crippen LogP contribution in [0.2, 0.25) is 0 Å². The number of benzene rings is 1. The zero-order chi connectivity index (χ0) is 7.84. The van der Waals surface area contributed by atoms with Crippen LogP contribution in [0.25, 0.3) is 11.0 Å². The summed E-state index contributed by atoms with van der Waals surface area (Å²) >= 11 is 0. The lowest BCUT2D eigenvalue weighted by molar-refractivity contribution is 0.449. The zero-order valence-corrected chi connectivity index (χ0v) is 5.63. The van der Waals surface area contributed by atoms with E-state index >= 15 is 0 Å². The molecular weight excluding hydrogens is 141 g/mol. The van der Waals surface area contributed by atoms with Crippen LogP contribution in [0.1, 0.15) is 0 Å². The number of rotatable bonds is 0. The minimum absolute atomic E-state index is 0.243. The highest BCUT2D eigenvalue weighted by Crippen LogP contribution is 2.04. The first-order chi connectivity index (χ1) is 5.27. The molecule has 4 heteroatoms. The van der Waals surface area contributed by atoms with Gasteiger partial charge in [0, 0.05) is 0 Å². The molecule has 1 aromatic carbocycles. The zero-order valence-electron chi connectivity index (χ0n) is 5.63. The van der Waals surface area contributed by atoms with Crippen LogP contribution in [0.15, 0.2) is 27.5 Å². The van der Waals surface area contributed by atoms with Crippen LogP contribution >= 0.6 is 0 Å². The molecule has 0 aliphatic heterocycles. The standard InChI is InChI=1S/C7H4BNO2/c8-4-1-2-6-5(3-4)7(10)9-11-6/h1-3H,(H,9,10). The van der Waals surface area contributed by atoms with Gasteiger partial charge < -0.3 is 4.52 Å². The highest BCUT2D eigenvalue weighted by molar-refractivity contribution is 6.33. The van der Waals surface area contributed by atoms with Gasteiger partial charge in [0.1, 0.15) is 7.85 Å². The van der Waals surface area contributed by atoms with Crippen molar-refractivity contribution in [3.63, 3.8) is 0 Å². The van der Waals surface area contributed by atoms with Crippen LogP contribution in [-0.4, -0.2) is 13.0 Å². The topological polar surface area (TPSA) is 46.0 Å². The van der Waals surface area contributed by atoms with Gasteiger partial charge in [0.15, 0.2) is 5.58 Å². The molecule has 0 aliphatic carbocycles. The third kappa shape index (κ3) is 0.870. The molecular formula is C7H4BNO2. The number of hydrogen-bond donors (Lipinski definition) is 1. The van der Waals surface area contributed by atoms with Gasteiger partial charge in [-0.15, -0.1) is 0 Å². The van der Waals surface area contributed by atoms with Gasteiger partial charge in [-0.1, -0.05) is 17.6 Å². The lowest BCUT2D eigenvalue weighted by Gasteiger charge is -1.87. The normalized spacial score (nSPS) is 10.5. The molecule has 1 aromatic heterocycles. The van der Waals surface area contributed by atoms with E-state index in [1.165, 1.54) is 0 Å². The van der Waals surface area contributed by atoms with Crippen LogP contribution in [0.5, 0.6) is 0 Å². The summed E-state index contributed by atoms with van der Waals surface area (Å²) in [7, 11) is 5.46. The van der Waals surface area contributed by atoms with E-state index in [0.717, 1.165) is 0 Å². The van der Waals surface area contributed by atoms with E-state index < -0.39 is 0 Å². The van der Waals surface area contributed by atoms with Gasteiger partial charge in [0.25, 0.3) is 5.56 Å². The maximum Gasteiger partial charge on any atom is 0.287 e. The van der Waals surface area contributed by atoms with Crippen molar-refractivity contribution in [2.24, 2.45) is 0 Å². The molecule has 2 rings (SSSR count). The predicted octanol–water partition coefficient (Wildman–Crippen LogP) is -0.0851. The van der Waals surface area contributed by atoms with E-state index in [0.29, 0.717) is 16.4 Å². The van der Waals surface area contributed by atoms with Gasteiger partial charge in [-0.2, -0.15) is 5.16 Å². The average Bonchev–Trinajstić information content (AvgIpc) is 2.33. The second kappa shape index (κ2) is 2.02. The van der Waals surface area contributed by atoms with E-state index in [1.54, 1.807) is 18.2 Å². The molecule has 0 atom stereocenters. The third-order valence-electron chi connectivity index (χ3n) is 1.50. The quantitative estimate of drug-likeness (QED) is 0.526. The first kappa shape index (κ1) is 6.28. The fraction of sp³-hybridized carbons (Fsp3) is 0. The second-order valence-electron chi connectivity index (χ2n) is 2.29. The van der Waals surface area contributed by atoms with Gasteiger partial charge in [0.2, 0.25) is 0 Å². The van der Waals surface area contributed by atoms with Crippen LogP contribution in [-0.2, 0) is 0 Å². The lowest BCUT2D eigenvalue weighted by atomic mass is 9.95. The number of fused-ring (bicyclic) bond motifs is 1. The Morgan fingerprint density at radius 2 is 2.27 bits per heavy atom. The summed E-state index contributed by atoms with van der Waals surface area (Å²) in [5.41, 5.74) is 0.848. The van der Waals surface area contributed by atoms with Crippen LogP contribution in [0.3, 0.4) is 0 Å². The van der Waals surface area contributed by atoms with Crippen LogP contribution in [0, 0.1) is 0 Å². The fourth-order valence-corrected chi connectivity index (χ4v) is 0.970. The van der Waals surface area contributed by atoms with Gasteiger partial charge in [-0.3, -0.25) is 4.79 Å². The molecule has 11 heavy (non-hydrogen) atoms. The smallest absolute Gasteiger partial charge is 0.287 e. The molecule has 2 aromatic rings. The summed E-state index contributed by atoms with van der Waals surface area (Å²) in [6.07, 6.45) is 0. The minimum atomic E-state index is -0.243. The number of H-pyrrole nitrogens is 1. The Hall–Kier alpha value is -1.45. The fourth-order valence-electron chi connectivity index (χ4n) is 0.970. The Morgan fingerprint density at radius 1 is 1.45 bits per heavy atom. The number of aromatic nitrogens is 1. The van der Waals surface area contributed by atoms with Crippen molar-refractivity contribution in [3.05, 3.63) is 28.6 Å². The summed E-state index contributed by atoms with van der Waals surface area (Å²) in [5, 5.41) is 2.71. The van der Waals surface area contributed by atoms with E-state index in [4.69, 9.17) is 12.4 Å². The molecule has 0 saturated carbocycles. The van der Waals surface area contributed by atoms with E-state index in [1.807, 2.05) is 0 Å². The van der Waals surface area contributed by atoms with Crippen molar-refractivity contribution in [2.45, 2.75) is 0 Å². The molecule has 0 aliphatic rings. The largest absolute Gasteiger partial charge is 0.378 e. The Labute approximate surface area is 63.4 Å². The summed E-state index contributed by atoms with van der Waals surface area (Å²) in [5.74, 6) is 0. The number of nitrogens with one attached hydrogen (secondary N) is 1. The molecule has 0 saturated heterocycles. The average molecular weight is 145 g/mol. The lowest BCUT2D eigenvalue weighted by Crippen LogP contribution is -2.04. The SMILES string of the molecule is [B]c1ccc2o[nH]c(=O)c2c1. The molecule has 0 unspecified atom stereocenters. The molecule has 0 bridgehead atoms. The summed E-state index contributed by atoms with van der Waals surface area (Å²) in [4.78, 5) is 10.9. The van der Waals surface area contributed by atoms with Gasteiger partial charge >= 0.3 is 0 Å². The van der Waals surface area contributed by atoms with E-state index in [9.17, 15) is 4.79 Å². The molecule has 3 nitrogen and oxygen atoms in total. The molecule has 1 N–H and O–H groups in total. The van der Waals surface area contributed by atoms with Crippen molar-refractivity contribution in [3.8, 4) is 0 Å². The van der Waals surface area contributed by atoms with Crippen molar-refractivity contribution in [1.29, 1.82) is 0 Å². The monoisotopic (exact) mass is 145 g/mol. The molecule has 1 heterocycles. The van der Waals surface area contributed by atoms with E-state index in [2.05, 4.69) is 5.16 Å². The van der Waals surface area contributed by atoms with Gasteiger partial charge in [-0.25, -0.2) is 0 Å². The minimum Gasteiger partial charge on any atom is -0.378 e. The summed E-state index contributed by atoms with van der Waals surface area (Å²) < 4.78 is 4.81. The van der Waals surface area contributed by atoms with Crippen molar-refractivity contribution >= 4 is 24.3 Å². The highest BCUT2D eigenvalue weighted by atomic mass is 16.5. The third-order valence-corrected chi connectivity index (χ3v) is 1.50. The Balaban J connectivity index is 2.99. The maximum absolute atomic E-state index is 10.9. The summed E-state index contributed by atoms with van der Waals surface area (Å²) in [6, 6.07) is 4.92. The van der Waals surface area contributed by atoms with Gasteiger partial charge in [-0.05, 0) is 6.07 Å². The number of hydrogen-bond acceptors (Lipinski definition) is 2. The Bertz CT molecular complexity index is 443. The van der Waals surface area contributed by atoms with Crippen molar-refractivity contribution < 1.29 is 4.52 Å². The molecule has 52 valence electrons.